The average molecular weight is 176 g/mol. The number of aliphatic imine (C=N–C) groups is 1. The first-order valence-electron chi connectivity index (χ1n) is 4.11. The number of hydrogen-bond donors (Lipinski definition) is 0. The molecule has 0 aromatic heterocycles. The van der Waals surface area contributed by atoms with Crippen LogP contribution < -0.4 is 0 Å². The third-order valence-corrected chi connectivity index (χ3v) is 1.88. The Morgan fingerprint density at radius 1 is 1.31 bits per heavy atom. The zero-order valence-corrected chi connectivity index (χ0v) is 7.82. The molecular weight excluding hydrogens is 164 g/mol. The van der Waals surface area contributed by atoms with E-state index in [-0.39, 0.29) is 0 Å². The van der Waals surface area contributed by atoms with Crippen LogP contribution in [0.15, 0.2) is 34.4 Å². The summed E-state index contributed by atoms with van der Waals surface area (Å²) in [6.07, 6.45) is 0.829. The molecule has 0 N–H and O–H groups in total. The van der Waals surface area contributed by atoms with Gasteiger partial charge in [0.2, 0.25) is 0 Å². The summed E-state index contributed by atoms with van der Waals surface area (Å²) < 4.78 is 0. The molecule has 0 amide bonds. The number of nitrogens with zero attached hydrogens (tertiary/aromatic N) is 2. The number of rotatable bonds is 3. The quantitative estimate of drug-likeness (QED) is 0.515. The summed E-state index contributed by atoms with van der Waals surface area (Å²) in [5, 5.41) is 2.83. The largest absolute Gasteiger partial charge is 0.297 e. The zero-order valence-electron chi connectivity index (χ0n) is 7.82. The first-order chi connectivity index (χ1) is 6.26. The van der Waals surface area contributed by atoms with E-state index in [1.54, 1.807) is 19.2 Å². The van der Waals surface area contributed by atoms with E-state index in [0.29, 0.717) is 5.69 Å². The molecule has 13 heavy (non-hydrogen) atoms. The molecule has 1 aromatic rings. The SMILES string of the molecule is CN=C(C)Cc1ccc(N=O)cc1. The van der Waals surface area contributed by atoms with Gasteiger partial charge in [-0.25, -0.2) is 0 Å². The van der Waals surface area contributed by atoms with Crippen molar-refractivity contribution in [3.8, 4) is 0 Å². The van der Waals surface area contributed by atoms with Gasteiger partial charge in [-0.2, -0.15) is 0 Å². The molecule has 0 aliphatic rings. The maximum atomic E-state index is 10.1. The van der Waals surface area contributed by atoms with Gasteiger partial charge in [0.15, 0.2) is 0 Å². The Kier molecular flexibility index (Phi) is 3.31. The molecule has 1 aromatic carbocycles. The van der Waals surface area contributed by atoms with Gasteiger partial charge in [-0.1, -0.05) is 12.1 Å². The molecule has 0 radical (unpaired) electrons. The van der Waals surface area contributed by atoms with Crippen molar-refractivity contribution in [1.82, 2.24) is 0 Å². The van der Waals surface area contributed by atoms with Crippen molar-refractivity contribution >= 4 is 11.4 Å². The average Bonchev–Trinajstić information content (AvgIpc) is 2.19. The van der Waals surface area contributed by atoms with E-state index in [4.69, 9.17) is 0 Å². The lowest BCUT2D eigenvalue weighted by Gasteiger charge is -1.99. The minimum absolute atomic E-state index is 0.467. The predicted octanol–water partition coefficient (Wildman–Crippen LogP) is 2.72. The van der Waals surface area contributed by atoms with E-state index in [2.05, 4.69) is 10.2 Å². The number of nitroso groups, excluding NO2 is 1. The third-order valence-electron chi connectivity index (χ3n) is 1.88. The van der Waals surface area contributed by atoms with Gasteiger partial charge in [-0.3, -0.25) is 4.99 Å². The third kappa shape index (κ3) is 2.78. The fraction of sp³-hybridized carbons (Fsp3) is 0.300. The molecule has 0 aliphatic heterocycles. The minimum atomic E-state index is 0.467. The summed E-state index contributed by atoms with van der Waals surface area (Å²) in [5.41, 5.74) is 2.69. The molecule has 0 atom stereocenters. The molecule has 1 rings (SSSR count). The van der Waals surface area contributed by atoms with Crippen molar-refractivity contribution in [1.29, 1.82) is 0 Å². The summed E-state index contributed by atoms with van der Waals surface area (Å²) in [7, 11) is 1.77. The van der Waals surface area contributed by atoms with Gasteiger partial charge in [-0.15, -0.1) is 4.91 Å². The van der Waals surface area contributed by atoms with Crippen molar-refractivity contribution < 1.29 is 0 Å². The van der Waals surface area contributed by atoms with E-state index < -0.39 is 0 Å². The molecule has 0 heterocycles. The summed E-state index contributed by atoms with van der Waals surface area (Å²) in [5.74, 6) is 0. The highest BCUT2D eigenvalue weighted by Crippen LogP contribution is 2.12. The Labute approximate surface area is 77.5 Å². The molecule has 0 aliphatic carbocycles. The lowest BCUT2D eigenvalue weighted by Crippen LogP contribution is -1.96. The summed E-state index contributed by atoms with van der Waals surface area (Å²) in [6.45, 7) is 1.98. The topological polar surface area (TPSA) is 41.8 Å². The Morgan fingerprint density at radius 3 is 2.38 bits per heavy atom. The van der Waals surface area contributed by atoms with Crippen molar-refractivity contribution in [2.45, 2.75) is 13.3 Å². The summed E-state index contributed by atoms with van der Waals surface area (Å²) in [6, 6.07) is 7.22. The molecule has 0 unspecified atom stereocenters. The Hall–Kier alpha value is -1.51. The highest BCUT2D eigenvalue weighted by molar-refractivity contribution is 5.84. The van der Waals surface area contributed by atoms with Crippen molar-refractivity contribution in [2.75, 3.05) is 7.05 Å². The van der Waals surface area contributed by atoms with Crippen LogP contribution in [0.4, 0.5) is 5.69 Å². The second-order valence-electron chi connectivity index (χ2n) is 2.89. The molecule has 68 valence electrons. The Morgan fingerprint density at radius 2 is 1.92 bits per heavy atom. The van der Waals surface area contributed by atoms with Crippen molar-refractivity contribution in [3.05, 3.63) is 34.7 Å². The lowest BCUT2D eigenvalue weighted by molar-refractivity contribution is 1.26. The number of benzene rings is 1. The normalized spacial score (nSPS) is 11.4. The van der Waals surface area contributed by atoms with Gasteiger partial charge < -0.3 is 0 Å². The maximum absolute atomic E-state index is 10.1. The smallest absolute Gasteiger partial charge is 0.108 e. The van der Waals surface area contributed by atoms with E-state index in [0.717, 1.165) is 17.7 Å². The molecule has 0 fully saturated rings. The van der Waals surface area contributed by atoms with Gasteiger partial charge in [0, 0.05) is 19.2 Å². The van der Waals surface area contributed by atoms with E-state index >= 15 is 0 Å². The predicted molar refractivity (Wildman–Crippen MR) is 54.6 cm³/mol. The maximum Gasteiger partial charge on any atom is 0.108 e. The monoisotopic (exact) mass is 176 g/mol. The second-order valence-corrected chi connectivity index (χ2v) is 2.89. The first kappa shape index (κ1) is 9.58. The molecule has 0 spiro atoms. The van der Waals surface area contributed by atoms with Crippen LogP contribution in [0.25, 0.3) is 0 Å². The molecule has 0 saturated carbocycles. The van der Waals surface area contributed by atoms with Gasteiger partial charge >= 0.3 is 0 Å². The molecule has 0 bridgehead atoms. The highest BCUT2D eigenvalue weighted by Gasteiger charge is 1.95. The highest BCUT2D eigenvalue weighted by atomic mass is 16.3. The van der Waals surface area contributed by atoms with Gasteiger partial charge in [0.05, 0.1) is 0 Å². The Bertz CT molecular complexity index is 314. The van der Waals surface area contributed by atoms with Crippen LogP contribution in [0.1, 0.15) is 12.5 Å². The van der Waals surface area contributed by atoms with Crippen LogP contribution in [-0.2, 0) is 6.42 Å². The van der Waals surface area contributed by atoms with Crippen molar-refractivity contribution in [2.24, 2.45) is 10.2 Å². The van der Waals surface area contributed by atoms with E-state index in [1.807, 2.05) is 19.1 Å². The molecular formula is C10H12N2O. The summed E-state index contributed by atoms with van der Waals surface area (Å²) >= 11 is 0. The second kappa shape index (κ2) is 4.50. The van der Waals surface area contributed by atoms with Gasteiger partial charge in [0.25, 0.3) is 0 Å². The van der Waals surface area contributed by atoms with Crippen LogP contribution in [0.2, 0.25) is 0 Å². The standard InChI is InChI=1S/C10H12N2O/c1-8(11-2)7-9-3-5-10(12-13)6-4-9/h3-6H,7H2,1-2H3. The van der Waals surface area contributed by atoms with Gasteiger partial charge in [0.1, 0.15) is 5.69 Å². The van der Waals surface area contributed by atoms with Crippen LogP contribution in [0.5, 0.6) is 0 Å². The zero-order chi connectivity index (χ0) is 9.68. The molecule has 3 nitrogen and oxygen atoms in total. The van der Waals surface area contributed by atoms with Crippen LogP contribution in [0, 0.1) is 4.91 Å². The van der Waals surface area contributed by atoms with Crippen molar-refractivity contribution in [3.63, 3.8) is 0 Å². The fourth-order valence-electron chi connectivity index (χ4n) is 1.05. The lowest BCUT2D eigenvalue weighted by atomic mass is 10.1. The van der Waals surface area contributed by atoms with Gasteiger partial charge in [-0.05, 0) is 29.8 Å². The van der Waals surface area contributed by atoms with E-state index in [1.165, 1.54) is 0 Å². The molecule has 3 heteroatoms. The van der Waals surface area contributed by atoms with Crippen LogP contribution in [-0.4, -0.2) is 12.8 Å². The first-order valence-corrected chi connectivity index (χ1v) is 4.11. The van der Waals surface area contributed by atoms with Crippen LogP contribution in [0.3, 0.4) is 0 Å². The fourth-order valence-corrected chi connectivity index (χ4v) is 1.05. The molecule has 0 saturated heterocycles. The van der Waals surface area contributed by atoms with E-state index in [9.17, 15) is 4.91 Å². The number of hydrogen-bond acceptors (Lipinski definition) is 3. The Balaban J connectivity index is 2.75. The van der Waals surface area contributed by atoms with Crippen LogP contribution >= 0.6 is 0 Å². The summed E-state index contributed by atoms with van der Waals surface area (Å²) in [4.78, 5) is 14.2. The minimum Gasteiger partial charge on any atom is -0.297 e.